The van der Waals surface area contributed by atoms with Gasteiger partial charge in [-0.2, -0.15) is 0 Å². The first-order valence-electron chi connectivity index (χ1n) is 8.90. The third-order valence-electron chi connectivity index (χ3n) is 4.46. The van der Waals surface area contributed by atoms with Gasteiger partial charge in [-0.05, 0) is 25.3 Å². The molecule has 138 valence electrons. The monoisotopic (exact) mass is 349 g/mol. The van der Waals surface area contributed by atoms with Gasteiger partial charge < -0.3 is 19.5 Å². The highest BCUT2D eigenvalue weighted by molar-refractivity contribution is 5.76. The average Bonchev–Trinajstić information content (AvgIpc) is 3.00. The van der Waals surface area contributed by atoms with Gasteiger partial charge >= 0.3 is 12.1 Å². The van der Waals surface area contributed by atoms with Gasteiger partial charge in [0.05, 0.1) is 24.7 Å². The molecule has 1 aromatic carbocycles. The lowest BCUT2D eigenvalue weighted by Gasteiger charge is -2.31. The molecule has 1 saturated heterocycles. The second-order valence-electron chi connectivity index (χ2n) is 6.23. The Labute approximate surface area is 148 Å². The van der Waals surface area contributed by atoms with Crippen molar-refractivity contribution in [1.29, 1.82) is 0 Å². The number of ether oxygens (including phenoxy) is 2. The molecule has 1 aliphatic rings. The van der Waals surface area contributed by atoms with E-state index >= 15 is 0 Å². The molecule has 0 aliphatic carbocycles. The molecule has 0 bridgehead atoms. The molecule has 0 spiro atoms. The Morgan fingerprint density at radius 2 is 1.96 bits per heavy atom. The third-order valence-corrected chi connectivity index (χ3v) is 4.46. The van der Waals surface area contributed by atoms with E-state index in [1.165, 1.54) is 4.90 Å². The van der Waals surface area contributed by atoms with Crippen molar-refractivity contribution in [3.05, 3.63) is 35.9 Å². The van der Waals surface area contributed by atoms with E-state index in [2.05, 4.69) is 0 Å². The Morgan fingerprint density at radius 3 is 2.60 bits per heavy atom. The van der Waals surface area contributed by atoms with Gasteiger partial charge in [-0.1, -0.05) is 43.7 Å². The van der Waals surface area contributed by atoms with Gasteiger partial charge in [0.15, 0.2) is 0 Å². The van der Waals surface area contributed by atoms with Gasteiger partial charge in [-0.15, -0.1) is 0 Å². The molecule has 0 aromatic heterocycles. The van der Waals surface area contributed by atoms with Crippen molar-refractivity contribution in [2.45, 2.75) is 51.9 Å². The second-order valence-corrected chi connectivity index (χ2v) is 6.23. The van der Waals surface area contributed by atoms with E-state index in [1.54, 1.807) is 6.92 Å². The van der Waals surface area contributed by atoms with Gasteiger partial charge in [0.1, 0.15) is 6.61 Å². The Morgan fingerprint density at radius 1 is 1.24 bits per heavy atom. The number of hydrogen-bond donors (Lipinski definition) is 1. The van der Waals surface area contributed by atoms with Gasteiger partial charge in [0.2, 0.25) is 0 Å². The number of nitrogens with zero attached hydrogens (tertiary/aromatic N) is 1. The maximum absolute atomic E-state index is 12.5. The summed E-state index contributed by atoms with van der Waals surface area (Å²) >= 11 is 0. The van der Waals surface area contributed by atoms with Crippen LogP contribution in [0.5, 0.6) is 0 Å². The number of carbonyl (C=O) groups excluding carboxylic acids is 2. The summed E-state index contributed by atoms with van der Waals surface area (Å²) in [5, 5.41) is 10.4. The number of amides is 1. The van der Waals surface area contributed by atoms with E-state index in [1.807, 2.05) is 37.3 Å². The fourth-order valence-electron chi connectivity index (χ4n) is 3.29. The largest absolute Gasteiger partial charge is 0.466 e. The van der Waals surface area contributed by atoms with Crippen molar-refractivity contribution in [3.63, 3.8) is 0 Å². The summed E-state index contributed by atoms with van der Waals surface area (Å²) in [4.78, 5) is 26.3. The molecule has 1 amide bonds. The van der Waals surface area contributed by atoms with Crippen LogP contribution in [0.25, 0.3) is 0 Å². The Hall–Kier alpha value is -2.08. The third kappa shape index (κ3) is 4.95. The molecule has 1 aliphatic heterocycles. The summed E-state index contributed by atoms with van der Waals surface area (Å²) in [7, 11) is 0. The van der Waals surface area contributed by atoms with Gasteiger partial charge in [0, 0.05) is 6.54 Å². The fourth-order valence-corrected chi connectivity index (χ4v) is 3.29. The summed E-state index contributed by atoms with van der Waals surface area (Å²) in [5.41, 5.74) is 0.891. The van der Waals surface area contributed by atoms with Crippen LogP contribution in [0.15, 0.2) is 30.3 Å². The van der Waals surface area contributed by atoms with E-state index < -0.39 is 24.2 Å². The number of rotatable bonds is 7. The lowest BCUT2D eigenvalue weighted by atomic mass is 9.91. The van der Waals surface area contributed by atoms with E-state index in [0.29, 0.717) is 19.4 Å². The number of likely N-dealkylation sites (tertiary alicyclic amines) is 1. The number of carbonyl (C=O) groups is 2. The molecule has 1 N–H and O–H groups in total. The zero-order chi connectivity index (χ0) is 18.2. The Bertz CT molecular complexity index is 562. The summed E-state index contributed by atoms with van der Waals surface area (Å²) in [6, 6.07) is 8.81. The first-order valence-corrected chi connectivity index (χ1v) is 8.90. The molecular weight excluding hydrogens is 322 g/mol. The molecular formula is C19H27NO5. The molecule has 0 saturated carbocycles. The topological polar surface area (TPSA) is 76.1 Å². The van der Waals surface area contributed by atoms with Crippen LogP contribution in [0.2, 0.25) is 0 Å². The highest BCUT2D eigenvalue weighted by Crippen LogP contribution is 2.29. The Balaban J connectivity index is 2.06. The van der Waals surface area contributed by atoms with Crippen molar-refractivity contribution < 1.29 is 24.2 Å². The molecule has 3 atom stereocenters. The van der Waals surface area contributed by atoms with Crippen LogP contribution in [0.3, 0.4) is 0 Å². The molecule has 25 heavy (non-hydrogen) atoms. The summed E-state index contributed by atoms with van der Waals surface area (Å²) in [6.07, 6.45) is 0.508. The molecule has 1 heterocycles. The van der Waals surface area contributed by atoms with Crippen molar-refractivity contribution in [1.82, 2.24) is 4.90 Å². The number of aliphatic hydroxyl groups is 1. The number of esters is 1. The molecule has 0 unspecified atom stereocenters. The standard InChI is InChI=1S/C19H27NO5/c1-3-8-15(18(22)24-4-2)17-16(21)11-12-20(17)19(23)25-13-14-9-6-5-7-10-14/h5-7,9-10,15-17,21H,3-4,8,11-13H2,1-2H3/t15-,16-,17+/m1/s1. The van der Waals surface area contributed by atoms with Gasteiger partial charge in [0.25, 0.3) is 0 Å². The highest BCUT2D eigenvalue weighted by atomic mass is 16.6. The molecule has 6 nitrogen and oxygen atoms in total. The molecule has 1 aromatic rings. The maximum Gasteiger partial charge on any atom is 0.410 e. The summed E-state index contributed by atoms with van der Waals surface area (Å²) in [6.45, 7) is 4.53. The molecule has 0 radical (unpaired) electrons. The van der Waals surface area contributed by atoms with E-state index in [0.717, 1.165) is 12.0 Å². The van der Waals surface area contributed by atoms with Gasteiger partial charge in [-0.3, -0.25) is 4.79 Å². The Kier molecular flexibility index (Phi) is 7.25. The maximum atomic E-state index is 12.5. The first-order chi connectivity index (χ1) is 12.1. The number of hydrogen-bond acceptors (Lipinski definition) is 5. The predicted octanol–water partition coefficient (Wildman–Crippen LogP) is 2.74. The van der Waals surface area contributed by atoms with Crippen molar-refractivity contribution in [2.24, 2.45) is 5.92 Å². The molecule has 2 rings (SSSR count). The smallest absolute Gasteiger partial charge is 0.410 e. The van der Waals surface area contributed by atoms with Crippen LogP contribution in [0, 0.1) is 5.92 Å². The zero-order valence-corrected chi connectivity index (χ0v) is 14.9. The van der Waals surface area contributed by atoms with Crippen LogP contribution in [-0.4, -0.2) is 47.4 Å². The van der Waals surface area contributed by atoms with E-state index in [4.69, 9.17) is 9.47 Å². The van der Waals surface area contributed by atoms with Crippen molar-refractivity contribution in [2.75, 3.05) is 13.2 Å². The van der Waals surface area contributed by atoms with Crippen molar-refractivity contribution >= 4 is 12.1 Å². The predicted molar refractivity (Wildman–Crippen MR) is 92.8 cm³/mol. The minimum absolute atomic E-state index is 0.164. The first kappa shape index (κ1) is 19.2. The average molecular weight is 349 g/mol. The number of aliphatic hydroxyl groups excluding tert-OH is 1. The SMILES string of the molecule is CCC[C@@H](C(=O)OCC)[C@H]1[C@H](O)CCN1C(=O)OCc1ccccc1. The normalized spacial score (nSPS) is 21.0. The zero-order valence-electron chi connectivity index (χ0n) is 14.9. The summed E-state index contributed by atoms with van der Waals surface area (Å²) in [5.74, 6) is -0.900. The summed E-state index contributed by atoms with van der Waals surface area (Å²) < 4.78 is 10.5. The van der Waals surface area contributed by atoms with E-state index in [9.17, 15) is 14.7 Å². The fraction of sp³-hybridized carbons (Fsp3) is 0.579. The lowest BCUT2D eigenvalue weighted by Crippen LogP contribution is -2.47. The quantitative estimate of drug-likeness (QED) is 0.766. The van der Waals surface area contributed by atoms with E-state index in [-0.39, 0.29) is 19.2 Å². The number of benzene rings is 1. The lowest BCUT2D eigenvalue weighted by molar-refractivity contribution is -0.151. The van der Waals surface area contributed by atoms with Crippen molar-refractivity contribution in [3.8, 4) is 0 Å². The highest BCUT2D eigenvalue weighted by Gasteiger charge is 2.44. The minimum Gasteiger partial charge on any atom is -0.466 e. The van der Waals surface area contributed by atoms with Crippen LogP contribution in [0.1, 0.15) is 38.7 Å². The molecule has 1 fully saturated rings. The second kappa shape index (κ2) is 9.42. The minimum atomic E-state index is -0.745. The van der Waals surface area contributed by atoms with Gasteiger partial charge in [-0.25, -0.2) is 4.79 Å². The van der Waals surface area contributed by atoms with Crippen LogP contribution in [-0.2, 0) is 20.9 Å². The van der Waals surface area contributed by atoms with Crippen LogP contribution in [0.4, 0.5) is 4.79 Å². The molecule has 6 heteroatoms. The van der Waals surface area contributed by atoms with Crippen LogP contribution >= 0.6 is 0 Å². The van der Waals surface area contributed by atoms with Crippen LogP contribution < -0.4 is 0 Å².